The van der Waals surface area contributed by atoms with E-state index in [0.29, 0.717) is 35.7 Å². The molecule has 9 nitrogen and oxygen atoms in total. The maximum atomic E-state index is 12.8. The molecule has 31 heavy (non-hydrogen) atoms. The number of hydrogen-bond acceptors (Lipinski definition) is 7. The van der Waals surface area contributed by atoms with Gasteiger partial charge in [0.05, 0.1) is 32.4 Å². The number of ether oxygens (including phenoxy) is 3. The molecular formula is C22H25N5O4. The average molecular weight is 423 g/mol. The molecular weight excluding hydrogens is 398 g/mol. The normalized spacial score (nSPS) is 13.8. The van der Waals surface area contributed by atoms with Crippen molar-refractivity contribution in [3.05, 3.63) is 42.5 Å². The van der Waals surface area contributed by atoms with E-state index in [0.717, 1.165) is 24.5 Å². The molecule has 2 amide bonds. The largest absolute Gasteiger partial charge is 0.497 e. The maximum absolute atomic E-state index is 12.8. The highest BCUT2D eigenvalue weighted by Crippen LogP contribution is 2.26. The molecule has 162 valence electrons. The van der Waals surface area contributed by atoms with Crippen molar-refractivity contribution in [1.82, 2.24) is 14.9 Å². The molecule has 1 aliphatic rings. The minimum atomic E-state index is -0.227. The van der Waals surface area contributed by atoms with Crippen LogP contribution in [0.4, 0.5) is 16.3 Å². The molecule has 0 radical (unpaired) electrons. The van der Waals surface area contributed by atoms with Crippen molar-refractivity contribution in [2.75, 3.05) is 57.7 Å². The number of piperazine rings is 1. The fourth-order valence-electron chi connectivity index (χ4n) is 3.51. The number of carbonyl (C=O) groups excluding carboxylic acids is 1. The van der Waals surface area contributed by atoms with Crippen LogP contribution in [0.15, 0.2) is 42.5 Å². The van der Waals surface area contributed by atoms with Crippen molar-refractivity contribution >= 4 is 28.6 Å². The Labute approximate surface area is 180 Å². The molecule has 2 aromatic carbocycles. The van der Waals surface area contributed by atoms with E-state index in [-0.39, 0.29) is 11.9 Å². The topological polar surface area (TPSA) is 89.1 Å². The third-order valence-electron chi connectivity index (χ3n) is 5.26. The van der Waals surface area contributed by atoms with Crippen LogP contribution in [-0.2, 0) is 0 Å². The van der Waals surface area contributed by atoms with Gasteiger partial charge in [0.2, 0.25) is 0 Å². The third kappa shape index (κ3) is 4.40. The van der Waals surface area contributed by atoms with Crippen molar-refractivity contribution in [3.63, 3.8) is 0 Å². The monoisotopic (exact) mass is 423 g/mol. The van der Waals surface area contributed by atoms with Crippen molar-refractivity contribution in [2.24, 2.45) is 0 Å². The number of aromatic nitrogens is 2. The third-order valence-corrected chi connectivity index (χ3v) is 5.26. The molecule has 1 N–H and O–H groups in total. The minimum Gasteiger partial charge on any atom is -0.497 e. The fraction of sp³-hybridized carbons (Fsp3) is 0.318. The lowest BCUT2D eigenvalue weighted by molar-refractivity contribution is 0.208. The molecule has 0 unspecified atom stereocenters. The highest BCUT2D eigenvalue weighted by Gasteiger charge is 2.23. The van der Waals surface area contributed by atoms with E-state index in [2.05, 4.69) is 20.2 Å². The summed E-state index contributed by atoms with van der Waals surface area (Å²) < 4.78 is 15.8. The van der Waals surface area contributed by atoms with Gasteiger partial charge < -0.3 is 24.0 Å². The molecule has 9 heteroatoms. The summed E-state index contributed by atoms with van der Waals surface area (Å²) in [7, 11) is 4.74. The van der Waals surface area contributed by atoms with Gasteiger partial charge in [0, 0.05) is 37.9 Å². The first-order chi connectivity index (χ1) is 15.1. The highest BCUT2D eigenvalue weighted by atomic mass is 16.5. The first-order valence-electron chi connectivity index (χ1n) is 9.96. The second-order valence-corrected chi connectivity index (χ2v) is 7.04. The predicted molar refractivity (Wildman–Crippen MR) is 118 cm³/mol. The van der Waals surface area contributed by atoms with Gasteiger partial charge in [-0.15, -0.1) is 0 Å². The van der Waals surface area contributed by atoms with Crippen LogP contribution in [0.2, 0.25) is 0 Å². The van der Waals surface area contributed by atoms with Crippen LogP contribution >= 0.6 is 0 Å². The summed E-state index contributed by atoms with van der Waals surface area (Å²) in [6.45, 7) is 2.66. The molecule has 0 saturated carbocycles. The number of hydrogen-bond donors (Lipinski definition) is 1. The first kappa shape index (κ1) is 20.5. The number of rotatable bonds is 5. The van der Waals surface area contributed by atoms with Gasteiger partial charge in [-0.25, -0.2) is 14.8 Å². The number of methoxy groups -OCH3 is 3. The molecule has 1 aliphatic heterocycles. The smallest absolute Gasteiger partial charge is 0.323 e. The summed E-state index contributed by atoms with van der Waals surface area (Å²) in [6.07, 6.45) is 0. The molecule has 2 heterocycles. The second kappa shape index (κ2) is 8.95. The van der Waals surface area contributed by atoms with Crippen LogP contribution in [0, 0.1) is 0 Å². The van der Waals surface area contributed by atoms with E-state index in [9.17, 15) is 4.79 Å². The van der Waals surface area contributed by atoms with Crippen LogP contribution < -0.4 is 24.4 Å². The second-order valence-electron chi connectivity index (χ2n) is 7.04. The van der Waals surface area contributed by atoms with Crippen LogP contribution in [0.5, 0.6) is 17.4 Å². The zero-order chi connectivity index (χ0) is 21.8. The van der Waals surface area contributed by atoms with E-state index in [4.69, 9.17) is 14.2 Å². The quantitative estimate of drug-likeness (QED) is 0.675. The number of fused-ring (bicyclic) bond motifs is 1. The summed E-state index contributed by atoms with van der Waals surface area (Å²) in [5, 5.41) is 2.84. The zero-order valence-electron chi connectivity index (χ0n) is 17.8. The molecule has 4 rings (SSSR count). The van der Waals surface area contributed by atoms with E-state index in [1.54, 1.807) is 37.3 Å². The molecule has 3 aromatic rings. The molecule has 0 aliphatic carbocycles. The number of nitrogens with one attached hydrogen (secondary N) is 1. The van der Waals surface area contributed by atoms with E-state index in [1.165, 1.54) is 7.11 Å². The summed E-state index contributed by atoms with van der Waals surface area (Å²) in [5.74, 6) is 2.05. The van der Waals surface area contributed by atoms with Gasteiger partial charge in [0.25, 0.3) is 5.88 Å². The molecule has 1 aromatic heterocycles. The fourth-order valence-corrected chi connectivity index (χ4v) is 3.51. The van der Waals surface area contributed by atoms with Crippen molar-refractivity contribution in [2.45, 2.75) is 0 Å². The Bertz CT molecular complexity index is 1070. The van der Waals surface area contributed by atoms with Gasteiger partial charge >= 0.3 is 6.03 Å². The Morgan fingerprint density at radius 3 is 2.16 bits per heavy atom. The Morgan fingerprint density at radius 2 is 1.52 bits per heavy atom. The minimum absolute atomic E-state index is 0.227. The molecule has 0 atom stereocenters. The Hall–Kier alpha value is -3.75. The van der Waals surface area contributed by atoms with E-state index in [1.807, 2.05) is 24.3 Å². The Kier molecular flexibility index (Phi) is 5.92. The number of carbonyl (C=O) groups is 1. The molecule has 0 bridgehead atoms. The average Bonchev–Trinajstić information content (AvgIpc) is 2.83. The van der Waals surface area contributed by atoms with Gasteiger partial charge in [0.1, 0.15) is 11.5 Å². The number of amides is 2. The first-order valence-corrected chi connectivity index (χ1v) is 9.96. The molecule has 0 spiro atoms. The maximum Gasteiger partial charge on any atom is 0.323 e. The van der Waals surface area contributed by atoms with Gasteiger partial charge in [0.15, 0.2) is 5.82 Å². The van der Waals surface area contributed by atoms with Gasteiger partial charge in [-0.3, -0.25) is 5.32 Å². The Morgan fingerprint density at radius 1 is 0.839 bits per heavy atom. The summed E-state index contributed by atoms with van der Waals surface area (Å²) in [6, 6.07) is 13.1. The van der Waals surface area contributed by atoms with Crippen LogP contribution in [0.3, 0.4) is 0 Å². The van der Waals surface area contributed by atoms with E-state index < -0.39 is 0 Å². The SMILES string of the molecule is COc1ccc(N2CCN(C(=O)Nc3nc4ccc(OC)cc4nc3OC)CC2)cc1. The lowest BCUT2D eigenvalue weighted by Gasteiger charge is -2.36. The zero-order valence-corrected chi connectivity index (χ0v) is 17.8. The summed E-state index contributed by atoms with van der Waals surface area (Å²) >= 11 is 0. The van der Waals surface area contributed by atoms with Gasteiger partial charge in [-0.05, 0) is 36.4 Å². The van der Waals surface area contributed by atoms with Crippen LogP contribution in [0.25, 0.3) is 11.0 Å². The number of benzene rings is 2. The number of anilines is 2. The molecule has 1 fully saturated rings. The lowest BCUT2D eigenvalue weighted by Crippen LogP contribution is -2.50. The molecule has 1 saturated heterocycles. The van der Waals surface area contributed by atoms with Crippen molar-refractivity contribution in [1.29, 1.82) is 0 Å². The van der Waals surface area contributed by atoms with Gasteiger partial charge in [-0.2, -0.15) is 0 Å². The summed E-state index contributed by atoms with van der Waals surface area (Å²) in [4.78, 5) is 25.8. The van der Waals surface area contributed by atoms with Crippen molar-refractivity contribution < 1.29 is 19.0 Å². The van der Waals surface area contributed by atoms with E-state index >= 15 is 0 Å². The van der Waals surface area contributed by atoms with Crippen LogP contribution in [0.1, 0.15) is 0 Å². The predicted octanol–water partition coefficient (Wildman–Crippen LogP) is 3.01. The standard InChI is InChI=1S/C22H25N5O4/c1-29-16-6-4-15(5-7-16)26-10-12-27(13-11-26)22(28)25-20-21(31-3)24-19-14-17(30-2)8-9-18(19)23-20/h4-9,14H,10-13H2,1-3H3,(H,23,25,28). The lowest BCUT2D eigenvalue weighted by atomic mass is 10.2. The number of nitrogens with zero attached hydrogens (tertiary/aromatic N) is 4. The van der Waals surface area contributed by atoms with Crippen LogP contribution in [-0.4, -0.2) is 68.4 Å². The Balaban J connectivity index is 1.43. The summed E-state index contributed by atoms with van der Waals surface area (Å²) in [5.41, 5.74) is 2.38. The highest BCUT2D eigenvalue weighted by molar-refractivity contribution is 5.91. The van der Waals surface area contributed by atoms with Crippen molar-refractivity contribution in [3.8, 4) is 17.4 Å². The number of urea groups is 1. The van der Waals surface area contributed by atoms with Gasteiger partial charge in [-0.1, -0.05) is 0 Å².